The summed E-state index contributed by atoms with van der Waals surface area (Å²) in [5.74, 6) is 1.25. The van der Waals surface area contributed by atoms with Gasteiger partial charge >= 0.3 is 17.1 Å². The van der Waals surface area contributed by atoms with Crippen LogP contribution in [-0.4, -0.2) is 29.9 Å². The molecule has 4 aromatic carbocycles. The maximum atomic E-state index is 5.34. The van der Waals surface area contributed by atoms with Gasteiger partial charge in [0.1, 0.15) is 5.65 Å². The maximum Gasteiger partial charge on any atom is 2.00 e. The zero-order valence-corrected chi connectivity index (χ0v) is 36.0. The van der Waals surface area contributed by atoms with Crippen molar-refractivity contribution in [3.8, 4) is 22.8 Å². The molecule has 0 amide bonds. The third-order valence-electron chi connectivity index (χ3n) is 11.4. The topological polar surface area (TPSA) is 117 Å². The quantitative estimate of drug-likeness (QED) is 0.114. The van der Waals surface area contributed by atoms with E-state index in [2.05, 4.69) is 176 Å². The maximum absolute atomic E-state index is 5.34. The monoisotopic (exact) mass is 803 g/mol. The van der Waals surface area contributed by atoms with E-state index in [4.69, 9.17) is 19.9 Å². The number of aromatic nitrogens is 8. The standard InChI is InChI=1S/C48H52N8.Cu/c1-45(2,3)25-13-17-29-33(21-25)41-49-37(29)54-42-35-23-27(47(7,8)9)15-19-31(35)39(51-42)56-44-36-24-28(48(10,11)12)16-20-32(36)40(52-44)55-43-34-22-26(46(4,5)6)14-18-30(34)38(50-43)53-41;/h13-24,49,52-53,55H,1-12H3;/q-2;+2. The van der Waals surface area contributed by atoms with E-state index in [1.807, 2.05) is 0 Å². The normalized spacial score (nSPS) is 13.1. The number of nitrogens with one attached hydrogen (secondary N) is 4. The summed E-state index contributed by atoms with van der Waals surface area (Å²) in [6.07, 6.45) is 0. The first-order chi connectivity index (χ1) is 26.2. The molecule has 1 aliphatic heterocycles. The fourth-order valence-electron chi connectivity index (χ4n) is 7.80. The average Bonchev–Trinajstić information content (AvgIpc) is 3.84. The van der Waals surface area contributed by atoms with E-state index in [1.54, 1.807) is 0 Å². The number of aromatic amines is 4. The van der Waals surface area contributed by atoms with Crippen LogP contribution in [0.2, 0.25) is 0 Å². The van der Waals surface area contributed by atoms with E-state index in [0.717, 1.165) is 77.3 Å². The summed E-state index contributed by atoms with van der Waals surface area (Å²) in [5, 5.41) is 6.16. The van der Waals surface area contributed by atoms with Crippen molar-refractivity contribution in [2.45, 2.75) is 105 Å². The zero-order valence-electron chi connectivity index (χ0n) is 35.0. The summed E-state index contributed by atoms with van der Waals surface area (Å²) >= 11 is 0. The summed E-state index contributed by atoms with van der Waals surface area (Å²) in [6, 6.07) is 26.6. The van der Waals surface area contributed by atoms with Gasteiger partial charge in [0.2, 0.25) is 0 Å². The molecule has 1 aliphatic rings. The van der Waals surface area contributed by atoms with Gasteiger partial charge < -0.3 is 34.9 Å². The smallest absolute Gasteiger partial charge is 0.411 e. The second-order valence-corrected chi connectivity index (χ2v) is 19.8. The van der Waals surface area contributed by atoms with Gasteiger partial charge in [0.05, 0.1) is 11.5 Å². The van der Waals surface area contributed by atoms with Gasteiger partial charge in [-0.3, -0.25) is 0 Å². The number of benzene rings is 4. The summed E-state index contributed by atoms with van der Waals surface area (Å²) in [4.78, 5) is 36.1. The number of H-pyrrole nitrogens is 4. The van der Waals surface area contributed by atoms with Gasteiger partial charge in [-0.25, -0.2) is 4.98 Å². The molecule has 0 fully saturated rings. The van der Waals surface area contributed by atoms with E-state index in [9.17, 15) is 0 Å². The van der Waals surface area contributed by atoms with Crippen LogP contribution in [0.1, 0.15) is 105 Å². The second-order valence-electron chi connectivity index (χ2n) is 19.8. The number of fused-ring (bicyclic) bond motifs is 20. The second kappa shape index (κ2) is 12.9. The summed E-state index contributed by atoms with van der Waals surface area (Å²) in [6.45, 7) is 26.9. The Kier molecular flexibility index (Phi) is 8.73. The Bertz CT molecular complexity index is 3070. The Balaban J connectivity index is 0.00000455. The first-order valence-electron chi connectivity index (χ1n) is 19.7. The zero-order chi connectivity index (χ0) is 39.7. The molecular weight excluding hydrogens is 752 g/mol. The van der Waals surface area contributed by atoms with E-state index in [-0.39, 0.29) is 38.7 Å². The van der Waals surface area contributed by atoms with E-state index in [1.165, 1.54) is 22.3 Å². The minimum atomic E-state index is -0.0594. The molecule has 9 heteroatoms. The van der Waals surface area contributed by atoms with Crippen molar-refractivity contribution in [2.75, 3.05) is 0 Å². The van der Waals surface area contributed by atoms with Crippen LogP contribution in [-0.2, 0) is 38.7 Å². The number of hydrogen-bond acceptors (Lipinski definition) is 2. The van der Waals surface area contributed by atoms with Crippen molar-refractivity contribution in [3.05, 3.63) is 95.1 Å². The average molecular weight is 805 g/mol. The van der Waals surface area contributed by atoms with Crippen molar-refractivity contribution in [3.63, 3.8) is 0 Å². The molecule has 1 radical (unpaired) electrons. The summed E-state index contributed by atoms with van der Waals surface area (Å²) in [7, 11) is 0. The Hall–Kier alpha value is -5.24. The Morgan fingerprint density at radius 2 is 0.842 bits per heavy atom. The van der Waals surface area contributed by atoms with Crippen LogP contribution >= 0.6 is 0 Å². The Morgan fingerprint density at radius 3 is 1.42 bits per heavy atom. The van der Waals surface area contributed by atoms with Gasteiger partial charge in [0.25, 0.3) is 0 Å². The van der Waals surface area contributed by atoms with E-state index < -0.39 is 0 Å². The van der Waals surface area contributed by atoms with Gasteiger partial charge in [0.15, 0.2) is 0 Å². The van der Waals surface area contributed by atoms with Gasteiger partial charge in [0, 0.05) is 44.7 Å². The molecule has 8 aromatic rings. The van der Waals surface area contributed by atoms with Crippen LogP contribution in [0, 0.1) is 0 Å². The third-order valence-corrected chi connectivity index (χ3v) is 11.4. The molecule has 0 unspecified atom stereocenters. The van der Waals surface area contributed by atoms with Gasteiger partial charge in [-0.05, 0) is 95.3 Å². The first-order valence-corrected chi connectivity index (χ1v) is 19.7. The molecule has 0 aliphatic carbocycles. The predicted octanol–water partition coefficient (Wildman–Crippen LogP) is 12.3. The molecule has 4 aromatic heterocycles. The molecule has 5 heterocycles. The largest absolute Gasteiger partial charge is 2.00 e. The number of nitrogens with zero attached hydrogens (tertiary/aromatic N) is 4. The summed E-state index contributed by atoms with van der Waals surface area (Å²) < 4.78 is 0. The molecule has 0 atom stereocenters. The van der Waals surface area contributed by atoms with Crippen LogP contribution in [0.25, 0.3) is 89.0 Å². The molecule has 8 nitrogen and oxygen atoms in total. The fourth-order valence-corrected chi connectivity index (χ4v) is 7.80. The molecule has 57 heavy (non-hydrogen) atoms. The Labute approximate surface area is 344 Å². The fraction of sp³-hybridized carbons (Fsp3) is 0.333. The van der Waals surface area contributed by atoms with Crippen LogP contribution in [0.4, 0.5) is 0 Å². The molecule has 0 saturated carbocycles. The SMILES string of the molecule is CC(C)(C)c1ccc2c(c1)-c1nc-2[n-]c2[nH]c([nH]c3[n-]c([nH]c4[nH]c(n1)c1ccc(C(C)(C)C)cc41)c1ccc(C(C)(C)C)cc31)c1ccc(C(C)(C)C)cc21.[Cu+2]. The molecule has 0 spiro atoms. The number of rotatable bonds is 0. The van der Waals surface area contributed by atoms with Crippen LogP contribution in [0.5, 0.6) is 0 Å². The van der Waals surface area contributed by atoms with Crippen LogP contribution in [0.3, 0.4) is 0 Å². The predicted molar refractivity (Wildman–Crippen MR) is 234 cm³/mol. The van der Waals surface area contributed by atoms with Gasteiger partial charge in [-0.1, -0.05) is 132 Å². The van der Waals surface area contributed by atoms with Gasteiger partial charge in [-0.15, -0.1) is 0 Å². The molecule has 4 N–H and O–H groups in total. The molecule has 9 rings (SSSR count). The van der Waals surface area contributed by atoms with Crippen molar-refractivity contribution < 1.29 is 17.1 Å². The molecule has 8 bridgehead atoms. The van der Waals surface area contributed by atoms with Crippen molar-refractivity contribution in [1.82, 2.24) is 39.9 Å². The van der Waals surface area contributed by atoms with Crippen LogP contribution < -0.4 is 9.97 Å². The number of hydrogen-bond donors (Lipinski definition) is 4. The van der Waals surface area contributed by atoms with Crippen molar-refractivity contribution in [2.24, 2.45) is 0 Å². The van der Waals surface area contributed by atoms with E-state index >= 15 is 0 Å². The van der Waals surface area contributed by atoms with Crippen molar-refractivity contribution >= 4 is 66.2 Å². The molecule has 295 valence electrons. The van der Waals surface area contributed by atoms with Crippen LogP contribution in [0.15, 0.2) is 72.8 Å². The minimum Gasteiger partial charge on any atom is -0.411 e. The third kappa shape index (κ3) is 6.65. The molecular formula is C48H52CuN8. The first kappa shape index (κ1) is 38.6. The Morgan fingerprint density at radius 1 is 0.404 bits per heavy atom. The summed E-state index contributed by atoms with van der Waals surface area (Å²) in [5.41, 5.74) is 11.3. The van der Waals surface area contributed by atoms with Crippen molar-refractivity contribution in [1.29, 1.82) is 0 Å². The van der Waals surface area contributed by atoms with Gasteiger partial charge in [-0.2, -0.15) is 0 Å². The molecule has 0 saturated heterocycles. The minimum absolute atomic E-state index is 0. The van der Waals surface area contributed by atoms with E-state index in [0.29, 0.717) is 11.6 Å².